The molecule has 0 saturated carbocycles. The molecule has 39 heavy (non-hydrogen) atoms. The second-order valence-corrected chi connectivity index (χ2v) is 10.4. The van der Waals surface area contributed by atoms with E-state index < -0.39 is 47.9 Å². The van der Waals surface area contributed by atoms with Crippen LogP contribution < -0.4 is 10.1 Å². The summed E-state index contributed by atoms with van der Waals surface area (Å²) in [5.41, 5.74) is -0.270. The standard InChI is InChI=1S/C28H40BF3N2O5/c1-5-7-8-9-25(37)34-12-10-19(11-13-34)28(38)33-23(14-20(35)16-29(4)6-2)24(36)17-39-27-18(3)21(30)15-22(31)26(27)32/h6,15,19,23-24,36H,2,5,7-14,16-17H2,1,3-4H3,(H,33,38)/t23-,24?/m0/s1. The zero-order valence-corrected chi connectivity index (χ0v) is 23.1. The van der Waals surface area contributed by atoms with Gasteiger partial charge in [0.05, 0.1) is 6.04 Å². The number of carbonyl (C=O) groups excluding carboxylic acids is 3. The minimum absolute atomic E-state index is 0.0750. The molecule has 1 aromatic rings. The highest BCUT2D eigenvalue weighted by atomic mass is 19.2. The van der Waals surface area contributed by atoms with Crippen LogP contribution in [0, 0.1) is 30.3 Å². The summed E-state index contributed by atoms with van der Waals surface area (Å²) in [5, 5.41) is 13.5. The molecule has 2 atom stereocenters. The van der Waals surface area contributed by atoms with Crippen molar-refractivity contribution in [3.8, 4) is 5.75 Å². The Kier molecular flexibility index (Phi) is 13.0. The Morgan fingerprint density at radius 2 is 1.90 bits per heavy atom. The molecule has 2 N–H and O–H groups in total. The summed E-state index contributed by atoms with van der Waals surface area (Å²) in [6.45, 7) is 8.89. The first-order valence-electron chi connectivity index (χ1n) is 13.7. The Labute approximate surface area is 229 Å². The van der Waals surface area contributed by atoms with Gasteiger partial charge in [0, 0.05) is 43.5 Å². The third-order valence-electron chi connectivity index (χ3n) is 7.16. The van der Waals surface area contributed by atoms with E-state index in [9.17, 15) is 32.7 Å². The van der Waals surface area contributed by atoms with Gasteiger partial charge in [-0.3, -0.25) is 9.59 Å². The topological polar surface area (TPSA) is 95.9 Å². The van der Waals surface area contributed by atoms with E-state index in [1.165, 1.54) is 6.92 Å². The number of aliphatic hydroxyl groups excluding tert-OH is 1. The van der Waals surface area contributed by atoms with Crippen molar-refractivity contribution >= 4 is 24.3 Å². The minimum Gasteiger partial charge on any atom is -0.487 e. The molecule has 1 aliphatic heterocycles. The number of ketones is 1. The summed E-state index contributed by atoms with van der Waals surface area (Å²) < 4.78 is 47.0. The Balaban J connectivity index is 2.05. The van der Waals surface area contributed by atoms with Crippen molar-refractivity contribution in [3.05, 3.63) is 41.6 Å². The largest absolute Gasteiger partial charge is 0.487 e. The number of ether oxygens (including phenoxy) is 1. The smallest absolute Gasteiger partial charge is 0.223 e. The Morgan fingerprint density at radius 3 is 2.51 bits per heavy atom. The number of hydrogen-bond donors (Lipinski definition) is 2. The molecule has 2 rings (SSSR count). The first kappa shape index (κ1) is 32.4. The highest BCUT2D eigenvalue weighted by Crippen LogP contribution is 2.27. The van der Waals surface area contributed by atoms with Crippen molar-refractivity contribution in [2.75, 3.05) is 19.7 Å². The number of rotatable bonds is 15. The van der Waals surface area contributed by atoms with Gasteiger partial charge in [-0.15, -0.1) is 12.6 Å². The van der Waals surface area contributed by atoms with Crippen molar-refractivity contribution < 1.29 is 37.4 Å². The van der Waals surface area contributed by atoms with Crippen molar-refractivity contribution in [3.63, 3.8) is 0 Å². The van der Waals surface area contributed by atoms with Gasteiger partial charge in [0.1, 0.15) is 24.3 Å². The molecule has 1 heterocycles. The number of nitrogens with zero attached hydrogens (tertiary/aromatic N) is 1. The molecule has 0 aromatic heterocycles. The maximum Gasteiger partial charge on any atom is 0.223 e. The molecule has 11 heteroatoms. The summed E-state index contributed by atoms with van der Waals surface area (Å²) in [6, 6.07) is -0.668. The fourth-order valence-corrected chi connectivity index (χ4v) is 4.55. The van der Waals surface area contributed by atoms with E-state index in [0.717, 1.165) is 19.3 Å². The summed E-state index contributed by atoms with van der Waals surface area (Å²) in [6.07, 6.45) is 2.67. The first-order chi connectivity index (χ1) is 18.5. The number of hydrogen-bond acceptors (Lipinski definition) is 5. The van der Waals surface area contributed by atoms with Crippen LogP contribution in [0.4, 0.5) is 13.2 Å². The van der Waals surface area contributed by atoms with Crippen molar-refractivity contribution in [1.29, 1.82) is 0 Å². The lowest BCUT2D eigenvalue weighted by Gasteiger charge is -2.33. The van der Waals surface area contributed by atoms with Crippen LogP contribution in [0.1, 0.15) is 57.4 Å². The van der Waals surface area contributed by atoms with Gasteiger partial charge in [0.15, 0.2) is 18.3 Å². The van der Waals surface area contributed by atoms with Crippen LogP contribution in [0.25, 0.3) is 0 Å². The van der Waals surface area contributed by atoms with Gasteiger partial charge in [-0.1, -0.05) is 26.6 Å². The molecule has 1 fully saturated rings. The zero-order valence-electron chi connectivity index (χ0n) is 23.1. The van der Waals surface area contributed by atoms with Gasteiger partial charge in [-0.05, 0) is 32.5 Å². The predicted molar refractivity (Wildman–Crippen MR) is 144 cm³/mol. The number of likely N-dealkylation sites (tertiary alicyclic amines) is 1. The molecule has 1 aromatic carbocycles. The Morgan fingerprint density at radius 1 is 1.23 bits per heavy atom. The SMILES string of the molecule is C=CB(C)CC(=O)C[C@H](NC(=O)C1CCN(C(=O)CCCCC)CC1)C(O)COc1c(C)c(F)cc(F)c1F. The quantitative estimate of drug-likeness (QED) is 0.193. The zero-order chi connectivity index (χ0) is 29.1. The predicted octanol–water partition coefficient (Wildman–Crippen LogP) is 4.26. The molecule has 1 saturated heterocycles. The first-order valence-corrected chi connectivity index (χ1v) is 13.7. The number of benzene rings is 1. The molecular formula is C28H40BF3N2O5. The van der Waals surface area contributed by atoms with Crippen molar-refractivity contribution in [2.24, 2.45) is 5.92 Å². The van der Waals surface area contributed by atoms with E-state index in [-0.39, 0.29) is 42.6 Å². The molecule has 0 spiro atoms. The van der Waals surface area contributed by atoms with Gasteiger partial charge in [0.25, 0.3) is 0 Å². The summed E-state index contributed by atoms with van der Waals surface area (Å²) in [5.74, 6) is -3.85. The molecular weight excluding hydrogens is 512 g/mol. The third-order valence-corrected chi connectivity index (χ3v) is 7.16. The number of unbranched alkanes of at least 4 members (excludes halogenated alkanes) is 2. The molecule has 2 amide bonds. The fourth-order valence-electron chi connectivity index (χ4n) is 4.55. The number of piperidine rings is 1. The maximum atomic E-state index is 14.2. The highest BCUT2D eigenvalue weighted by Gasteiger charge is 2.32. The lowest BCUT2D eigenvalue weighted by Crippen LogP contribution is -2.50. The van der Waals surface area contributed by atoms with Gasteiger partial charge in [-0.25, -0.2) is 8.78 Å². The Hall–Kier alpha value is -2.82. The van der Waals surface area contributed by atoms with E-state index >= 15 is 0 Å². The minimum atomic E-state index is -1.47. The van der Waals surface area contributed by atoms with Crippen LogP contribution in [-0.2, 0) is 14.4 Å². The maximum absolute atomic E-state index is 14.2. The molecule has 0 radical (unpaired) electrons. The lowest BCUT2D eigenvalue weighted by atomic mass is 9.49. The van der Waals surface area contributed by atoms with Crippen LogP contribution in [0.5, 0.6) is 5.75 Å². The second kappa shape index (κ2) is 15.7. The summed E-state index contributed by atoms with van der Waals surface area (Å²) >= 11 is 0. The van der Waals surface area contributed by atoms with Gasteiger partial charge >= 0.3 is 0 Å². The summed E-state index contributed by atoms with van der Waals surface area (Å²) in [4.78, 5) is 39.9. The average Bonchev–Trinajstić information content (AvgIpc) is 2.91. The average molecular weight is 552 g/mol. The van der Waals surface area contributed by atoms with Gasteiger partial charge in [0.2, 0.25) is 17.6 Å². The van der Waals surface area contributed by atoms with E-state index in [1.807, 2.05) is 0 Å². The molecule has 1 aliphatic rings. The number of nitrogens with one attached hydrogen (secondary N) is 1. The lowest BCUT2D eigenvalue weighted by molar-refractivity contribution is -0.136. The fraction of sp³-hybridized carbons (Fsp3) is 0.607. The van der Waals surface area contributed by atoms with Crippen LogP contribution in [-0.4, -0.2) is 66.2 Å². The number of amides is 2. The van der Waals surface area contributed by atoms with Crippen LogP contribution in [0.15, 0.2) is 18.6 Å². The Bertz CT molecular complexity index is 991. The molecule has 1 unspecified atom stereocenters. The van der Waals surface area contributed by atoms with E-state index in [0.29, 0.717) is 38.4 Å². The number of carbonyl (C=O) groups is 3. The summed E-state index contributed by atoms with van der Waals surface area (Å²) in [7, 11) is 0. The van der Waals surface area contributed by atoms with Crippen LogP contribution >= 0.6 is 0 Å². The second-order valence-electron chi connectivity index (χ2n) is 10.4. The van der Waals surface area contributed by atoms with Gasteiger partial charge in [-0.2, -0.15) is 4.39 Å². The van der Waals surface area contributed by atoms with E-state index in [2.05, 4.69) is 18.8 Å². The molecule has 7 nitrogen and oxygen atoms in total. The van der Waals surface area contributed by atoms with Crippen LogP contribution in [0.3, 0.4) is 0 Å². The number of Topliss-reactive ketones (excluding diaryl/α,β-unsaturated/α-hetero) is 1. The monoisotopic (exact) mass is 552 g/mol. The highest BCUT2D eigenvalue weighted by molar-refractivity contribution is 6.66. The van der Waals surface area contributed by atoms with E-state index in [1.54, 1.807) is 17.7 Å². The molecule has 0 aliphatic carbocycles. The third kappa shape index (κ3) is 9.71. The molecule has 0 bridgehead atoms. The van der Waals surface area contributed by atoms with Crippen molar-refractivity contribution in [1.82, 2.24) is 10.2 Å². The van der Waals surface area contributed by atoms with Gasteiger partial charge < -0.3 is 24.9 Å². The molecule has 216 valence electrons. The van der Waals surface area contributed by atoms with Crippen LogP contribution in [0.2, 0.25) is 13.1 Å². The normalized spacial score (nSPS) is 15.4. The number of halogens is 3. The number of aliphatic hydroxyl groups is 1. The van der Waals surface area contributed by atoms with Crippen molar-refractivity contribution in [2.45, 2.75) is 84.1 Å². The van der Waals surface area contributed by atoms with E-state index in [4.69, 9.17) is 4.74 Å².